The molecule has 0 spiro atoms. The lowest BCUT2D eigenvalue weighted by molar-refractivity contribution is -0.128. The van der Waals surface area contributed by atoms with E-state index in [9.17, 15) is 14.0 Å². The van der Waals surface area contributed by atoms with Crippen LogP contribution >= 0.6 is 11.8 Å². The molecule has 0 unspecified atom stereocenters. The second-order valence-electron chi connectivity index (χ2n) is 7.37. The van der Waals surface area contributed by atoms with Crippen LogP contribution in [0.15, 0.2) is 67.0 Å². The van der Waals surface area contributed by atoms with Crippen molar-refractivity contribution in [1.82, 2.24) is 20.4 Å². The molecule has 3 aromatic rings. The zero-order valence-electron chi connectivity index (χ0n) is 16.8. The van der Waals surface area contributed by atoms with Gasteiger partial charge in [0.25, 0.3) is 0 Å². The largest absolute Gasteiger partial charge is 0.350 e. The number of amides is 2. The van der Waals surface area contributed by atoms with E-state index in [1.54, 1.807) is 24.4 Å². The summed E-state index contributed by atoms with van der Waals surface area (Å²) >= 11 is 1.39. The average Bonchev–Trinajstić information content (AvgIpc) is 3.29. The fourth-order valence-electron chi connectivity index (χ4n) is 3.51. The minimum Gasteiger partial charge on any atom is -0.350 e. The highest BCUT2D eigenvalue weighted by Crippen LogP contribution is 2.23. The van der Waals surface area contributed by atoms with E-state index in [2.05, 4.69) is 15.7 Å². The molecule has 6 nitrogen and oxygen atoms in total. The molecule has 0 bridgehead atoms. The van der Waals surface area contributed by atoms with Crippen LogP contribution in [0.2, 0.25) is 0 Å². The van der Waals surface area contributed by atoms with Crippen LogP contribution in [-0.4, -0.2) is 38.6 Å². The second-order valence-corrected chi connectivity index (χ2v) is 8.60. The molecule has 2 aromatic carbocycles. The Morgan fingerprint density at radius 1 is 1.13 bits per heavy atom. The van der Waals surface area contributed by atoms with Crippen molar-refractivity contribution in [2.24, 2.45) is 0 Å². The Balaban J connectivity index is 1.31. The summed E-state index contributed by atoms with van der Waals surface area (Å²) in [7, 11) is 0. The number of hydrogen-bond donors (Lipinski definition) is 2. The number of nitrogens with one attached hydrogen (secondary N) is 2. The minimum absolute atomic E-state index is 0.223. The van der Waals surface area contributed by atoms with Crippen molar-refractivity contribution in [3.8, 4) is 0 Å². The lowest BCUT2D eigenvalue weighted by Gasteiger charge is -2.28. The van der Waals surface area contributed by atoms with Crippen LogP contribution in [0.1, 0.15) is 16.7 Å². The first kappa shape index (κ1) is 21.1. The Bertz CT molecular complexity index is 1060. The van der Waals surface area contributed by atoms with E-state index >= 15 is 0 Å². The summed E-state index contributed by atoms with van der Waals surface area (Å²) in [6.45, 7) is 0.985. The normalized spacial score (nSPS) is 18.4. The number of carbonyl (C=O) groups excluding carboxylic acids is 2. The molecule has 31 heavy (non-hydrogen) atoms. The molecule has 8 heteroatoms. The van der Waals surface area contributed by atoms with Crippen molar-refractivity contribution < 1.29 is 14.0 Å². The number of thioether (sulfide) groups is 1. The topological polar surface area (TPSA) is 76.0 Å². The number of hydrogen-bond acceptors (Lipinski definition) is 4. The lowest BCUT2D eigenvalue weighted by Crippen LogP contribution is -2.54. The van der Waals surface area contributed by atoms with Gasteiger partial charge in [-0.25, -0.2) is 4.39 Å². The molecule has 2 N–H and O–H groups in total. The van der Waals surface area contributed by atoms with Gasteiger partial charge in [-0.3, -0.25) is 14.3 Å². The lowest BCUT2D eigenvalue weighted by atomic mass is 10.1. The maximum absolute atomic E-state index is 13.9. The quantitative estimate of drug-likeness (QED) is 0.595. The molecule has 2 heterocycles. The van der Waals surface area contributed by atoms with Crippen molar-refractivity contribution in [2.75, 3.05) is 5.75 Å². The first-order valence-electron chi connectivity index (χ1n) is 10.1. The highest BCUT2D eigenvalue weighted by atomic mass is 32.2. The second kappa shape index (κ2) is 9.78. The van der Waals surface area contributed by atoms with Gasteiger partial charge in [-0.15, -0.1) is 11.8 Å². The molecule has 1 aliphatic heterocycles. The van der Waals surface area contributed by atoms with Crippen LogP contribution in [0.4, 0.5) is 4.39 Å². The number of benzene rings is 2. The fraction of sp³-hybridized carbons (Fsp3) is 0.261. The van der Waals surface area contributed by atoms with Gasteiger partial charge in [-0.2, -0.15) is 5.10 Å². The van der Waals surface area contributed by atoms with E-state index in [-0.39, 0.29) is 17.6 Å². The van der Waals surface area contributed by atoms with Crippen molar-refractivity contribution in [1.29, 1.82) is 0 Å². The number of rotatable bonds is 7. The van der Waals surface area contributed by atoms with Gasteiger partial charge in [0.1, 0.15) is 11.9 Å². The molecular formula is C23H23FN4O2S. The average molecular weight is 439 g/mol. The molecule has 0 saturated carbocycles. The highest BCUT2D eigenvalue weighted by Gasteiger charge is 2.32. The summed E-state index contributed by atoms with van der Waals surface area (Å²) in [4.78, 5) is 25.1. The number of carbonyl (C=O) groups is 2. The highest BCUT2D eigenvalue weighted by molar-refractivity contribution is 8.00. The van der Waals surface area contributed by atoms with Crippen LogP contribution < -0.4 is 10.6 Å². The van der Waals surface area contributed by atoms with Crippen molar-refractivity contribution in [2.45, 2.75) is 30.8 Å². The smallest absolute Gasteiger partial charge is 0.243 e. The van der Waals surface area contributed by atoms with Crippen LogP contribution in [0.5, 0.6) is 0 Å². The Morgan fingerprint density at radius 3 is 2.58 bits per heavy atom. The van der Waals surface area contributed by atoms with Gasteiger partial charge in [0.15, 0.2) is 0 Å². The molecule has 1 aliphatic rings. The third-order valence-corrected chi connectivity index (χ3v) is 6.52. The number of aromatic nitrogens is 2. The molecule has 1 aromatic heterocycles. The predicted octanol–water partition coefficient (Wildman–Crippen LogP) is 2.53. The van der Waals surface area contributed by atoms with E-state index in [1.165, 1.54) is 17.8 Å². The van der Waals surface area contributed by atoms with Gasteiger partial charge >= 0.3 is 0 Å². The van der Waals surface area contributed by atoms with Crippen LogP contribution in [0, 0.1) is 5.82 Å². The van der Waals surface area contributed by atoms with Crippen molar-refractivity contribution in [3.63, 3.8) is 0 Å². The monoisotopic (exact) mass is 438 g/mol. The van der Waals surface area contributed by atoms with Gasteiger partial charge < -0.3 is 10.6 Å². The Labute approximate surface area is 184 Å². The molecule has 2 amide bonds. The van der Waals surface area contributed by atoms with Gasteiger partial charge in [0.05, 0.1) is 11.8 Å². The minimum atomic E-state index is -0.604. The first-order chi connectivity index (χ1) is 15.1. The van der Waals surface area contributed by atoms with Crippen LogP contribution in [-0.2, 0) is 29.1 Å². The van der Waals surface area contributed by atoms with E-state index < -0.39 is 11.3 Å². The molecule has 0 aliphatic carbocycles. The summed E-state index contributed by atoms with van der Waals surface area (Å²) < 4.78 is 15.7. The molecule has 1 fully saturated rings. The van der Waals surface area contributed by atoms with E-state index in [4.69, 9.17) is 0 Å². The standard InChI is InChI=1S/C23H23FN4O2S/c24-19-9-4-3-6-16(19)12-21-23(30)27-20(15-31-21)22(29)25-13-17-7-1-2-8-18(17)14-28-11-5-10-26-28/h1-11,20-21H,12-15H2,(H,25,29)(H,27,30)/t20-,21-/m0/s1. The number of halogens is 1. The molecule has 160 valence electrons. The maximum Gasteiger partial charge on any atom is 0.243 e. The predicted molar refractivity (Wildman–Crippen MR) is 118 cm³/mol. The van der Waals surface area contributed by atoms with E-state index in [1.807, 2.05) is 41.2 Å². The molecule has 0 radical (unpaired) electrons. The maximum atomic E-state index is 13.9. The summed E-state index contributed by atoms with van der Waals surface area (Å²) in [5.41, 5.74) is 2.57. The third-order valence-electron chi connectivity index (χ3n) is 5.22. The zero-order chi connectivity index (χ0) is 21.6. The van der Waals surface area contributed by atoms with Gasteiger partial charge in [0.2, 0.25) is 11.8 Å². The SMILES string of the molecule is O=C(NCc1ccccc1Cn1cccn1)[C@@H]1CS[C@@H](Cc2ccccc2F)C(=O)N1. The van der Waals surface area contributed by atoms with Crippen LogP contribution in [0.3, 0.4) is 0 Å². The summed E-state index contributed by atoms with van der Waals surface area (Å²) in [6, 6.07) is 15.6. The van der Waals surface area contributed by atoms with Gasteiger partial charge in [-0.1, -0.05) is 42.5 Å². The van der Waals surface area contributed by atoms with Crippen molar-refractivity contribution in [3.05, 3.63) is 89.5 Å². The zero-order valence-corrected chi connectivity index (χ0v) is 17.6. The summed E-state index contributed by atoms with van der Waals surface area (Å²) in [5, 5.41) is 9.53. The van der Waals surface area contributed by atoms with E-state index in [0.29, 0.717) is 30.8 Å². The Morgan fingerprint density at radius 2 is 1.87 bits per heavy atom. The van der Waals surface area contributed by atoms with Crippen molar-refractivity contribution >= 4 is 23.6 Å². The first-order valence-corrected chi connectivity index (χ1v) is 11.1. The molecular weight excluding hydrogens is 415 g/mol. The Kier molecular flexibility index (Phi) is 6.66. The summed E-state index contributed by atoms with van der Waals surface area (Å²) in [6.07, 6.45) is 3.92. The third kappa shape index (κ3) is 5.32. The summed E-state index contributed by atoms with van der Waals surface area (Å²) in [5.74, 6) is -0.326. The van der Waals surface area contributed by atoms with Gasteiger partial charge in [0, 0.05) is 24.7 Å². The molecule has 2 atom stereocenters. The van der Waals surface area contributed by atoms with Crippen LogP contribution in [0.25, 0.3) is 0 Å². The van der Waals surface area contributed by atoms with Gasteiger partial charge in [-0.05, 0) is 35.2 Å². The fourth-order valence-corrected chi connectivity index (χ4v) is 4.69. The molecule has 1 saturated heterocycles. The van der Waals surface area contributed by atoms with E-state index in [0.717, 1.165) is 11.1 Å². The molecule has 4 rings (SSSR count). The Hall–Kier alpha value is -3.13. The number of nitrogens with zero attached hydrogens (tertiary/aromatic N) is 2.